The number of aliphatic carboxylic acids is 2. The lowest BCUT2D eigenvalue weighted by Gasteiger charge is -2.19. The van der Waals surface area contributed by atoms with Gasteiger partial charge in [-0.25, -0.2) is 0 Å². The molecule has 2 atom stereocenters. The smallest absolute Gasteiger partial charge is 0.311 e. The maximum absolute atomic E-state index is 11.6. The molecule has 2 N–H and O–H groups in total. The number of methoxy groups -OCH3 is 1. The molecule has 120 valence electrons. The van der Waals surface area contributed by atoms with Crippen LogP contribution >= 0.6 is 0 Å². The SMILES string of the molecule is COc1ccc(C(CC(C(=O)O)c2ccccc2)C(=O)O)cc1. The third kappa shape index (κ3) is 4.10. The molecule has 0 radical (unpaired) electrons. The average Bonchev–Trinajstić information content (AvgIpc) is 2.56. The van der Waals surface area contributed by atoms with Gasteiger partial charge in [-0.2, -0.15) is 0 Å². The zero-order chi connectivity index (χ0) is 16.8. The first-order chi connectivity index (χ1) is 11.0. The molecule has 0 saturated carbocycles. The summed E-state index contributed by atoms with van der Waals surface area (Å²) in [6.07, 6.45) is -0.0129. The first-order valence-corrected chi connectivity index (χ1v) is 7.17. The first kappa shape index (κ1) is 16.5. The number of hydrogen-bond acceptors (Lipinski definition) is 3. The zero-order valence-corrected chi connectivity index (χ0v) is 12.7. The molecule has 0 saturated heterocycles. The highest BCUT2D eigenvalue weighted by atomic mass is 16.5. The number of benzene rings is 2. The van der Waals surface area contributed by atoms with E-state index in [9.17, 15) is 19.8 Å². The lowest BCUT2D eigenvalue weighted by atomic mass is 9.85. The number of rotatable bonds is 7. The Morgan fingerprint density at radius 1 is 0.870 bits per heavy atom. The Morgan fingerprint density at radius 2 is 1.35 bits per heavy atom. The molecule has 2 unspecified atom stereocenters. The van der Waals surface area contributed by atoms with E-state index in [2.05, 4.69) is 0 Å². The van der Waals surface area contributed by atoms with Crippen molar-refractivity contribution in [2.45, 2.75) is 18.3 Å². The van der Waals surface area contributed by atoms with Gasteiger partial charge in [0.2, 0.25) is 0 Å². The van der Waals surface area contributed by atoms with Crippen LogP contribution in [-0.2, 0) is 9.59 Å². The third-order valence-corrected chi connectivity index (χ3v) is 3.79. The zero-order valence-electron chi connectivity index (χ0n) is 12.7. The standard InChI is InChI=1S/C18H18O5/c1-23-14-9-7-13(8-10-14)16(18(21)22)11-15(17(19)20)12-5-3-2-4-6-12/h2-10,15-16H,11H2,1H3,(H,19,20)(H,21,22). The van der Waals surface area contributed by atoms with Gasteiger partial charge in [-0.3, -0.25) is 9.59 Å². The highest BCUT2D eigenvalue weighted by Crippen LogP contribution is 2.31. The molecule has 23 heavy (non-hydrogen) atoms. The van der Waals surface area contributed by atoms with Crippen molar-refractivity contribution in [1.29, 1.82) is 0 Å². The molecule has 2 aromatic rings. The molecule has 0 heterocycles. The molecule has 0 spiro atoms. The van der Waals surface area contributed by atoms with Crippen molar-refractivity contribution in [3.8, 4) is 5.75 Å². The van der Waals surface area contributed by atoms with Gasteiger partial charge in [-0.1, -0.05) is 42.5 Å². The van der Waals surface area contributed by atoms with E-state index in [0.29, 0.717) is 16.9 Å². The molecule has 0 aliphatic carbocycles. The Balaban J connectivity index is 2.29. The van der Waals surface area contributed by atoms with Crippen molar-refractivity contribution in [3.63, 3.8) is 0 Å². The highest BCUT2D eigenvalue weighted by molar-refractivity contribution is 5.80. The fourth-order valence-corrected chi connectivity index (χ4v) is 2.52. The van der Waals surface area contributed by atoms with Crippen molar-refractivity contribution >= 4 is 11.9 Å². The highest BCUT2D eigenvalue weighted by Gasteiger charge is 2.29. The van der Waals surface area contributed by atoms with Gasteiger partial charge in [0.25, 0.3) is 0 Å². The molecule has 0 bridgehead atoms. The summed E-state index contributed by atoms with van der Waals surface area (Å²) in [5.74, 6) is -3.23. The molecule has 2 rings (SSSR count). The van der Waals surface area contributed by atoms with E-state index in [-0.39, 0.29) is 6.42 Å². The Kier molecular flexibility index (Phi) is 5.36. The van der Waals surface area contributed by atoms with E-state index in [1.807, 2.05) is 0 Å². The minimum absolute atomic E-state index is 0.0129. The van der Waals surface area contributed by atoms with Crippen LogP contribution < -0.4 is 4.74 Å². The summed E-state index contributed by atoms with van der Waals surface area (Å²) in [5, 5.41) is 19.0. The predicted molar refractivity (Wildman–Crippen MR) is 84.8 cm³/mol. The van der Waals surface area contributed by atoms with Crippen LogP contribution in [0.1, 0.15) is 29.4 Å². The van der Waals surface area contributed by atoms with Gasteiger partial charge >= 0.3 is 11.9 Å². The number of ether oxygens (including phenoxy) is 1. The summed E-state index contributed by atoms with van der Waals surface area (Å²) >= 11 is 0. The van der Waals surface area contributed by atoms with Gasteiger partial charge in [-0.05, 0) is 29.7 Å². The molecule has 0 aliphatic rings. The second kappa shape index (κ2) is 7.45. The molecule has 0 amide bonds. The van der Waals surface area contributed by atoms with E-state index in [1.54, 1.807) is 54.6 Å². The van der Waals surface area contributed by atoms with E-state index in [1.165, 1.54) is 7.11 Å². The predicted octanol–water partition coefficient (Wildman–Crippen LogP) is 3.12. The van der Waals surface area contributed by atoms with Crippen molar-refractivity contribution in [3.05, 3.63) is 65.7 Å². The van der Waals surface area contributed by atoms with Gasteiger partial charge in [0, 0.05) is 0 Å². The fourth-order valence-electron chi connectivity index (χ4n) is 2.52. The number of carboxylic acid groups (broad SMARTS) is 2. The second-order valence-corrected chi connectivity index (χ2v) is 5.20. The molecule has 2 aromatic carbocycles. The quantitative estimate of drug-likeness (QED) is 0.820. The lowest BCUT2D eigenvalue weighted by molar-refractivity contribution is -0.141. The molecule has 0 aliphatic heterocycles. The summed E-state index contributed by atoms with van der Waals surface area (Å²) in [6, 6.07) is 15.3. The molecule has 5 nitrogen and oxygen atoms in total. The van der Waals surface area contributed by atoms with Crippen LogP contribution in [0.4, 0.5) is 0 Å². The maximum atomic E-state index is 11.6. The van der Waals surface area contributed by atoms with Gasteiger partial charge in [0.1, 0.15) is 5.75 Å². The average molecular weight is 314 g/mol. The first-order valence-electron chi connectivity index (χ1n) is 7.17. The van der Waals surface area contributed by atoms with E-state index in [0.717, 1.165) is 0 Å². The van der Waals surface area contributed by atoms with Crippen LogP contribution in [0.15, 0.2) is 54.6 Å². The minimum Gasteiger partial charge on any atom is -0.497 e. The summed E-state index contributed by atoms with van der Waals surface area (Å²) in [6.45, 7) is 0. The van der Waals surface area contributed by atoms with Crippen LogP contribution in [0.25, 0.3) is 0 Å². The number of carboxylic acids is 2. The molecular formula is C18H18O5. The van der Waals surface area contributed by atoms with Crippen LogP contribution in [0.5, 0.6) is 5.75 Å². The van der Waals surface area contributed by atoms with Crippen molar-refractivity contribution in [2.75, 3.05) is 7.11 Å². The van der Waals surface area contributed by atoms with Crippen molar-refractivity contribution in [1.82, 2.24) is 0 Å². The number of hydrogen-bond donors (Lipinski definition) is 2. The summed E-state index contributed by atoms with van der Waals surface area (Å²) < 4.78 is 5.06. The fraction of sp³-hybridized carbons (Fsp3) is 0.222. The summed E-state index contributed by atoms with van der Waals surface area (Å²) in [4.78, 5) is 23.2. The van der Waals surface area contributed by atoms with E-state index in [4.69, 9.17) is 4.74 Å². The Hall–Kier alpha value is -2.82. The van der Waals surface area contributed by atoms with Crippen molar-refractivity contribution in [2.24, 2.45) is 0 Å². The number of carbonyl (C=O) groups is 2. The summed E-state index contributed by atoms with van der Waals surface area (Å²) in [7, 11) is 1.53. The van der Waals surface area contributed by atoms with E-state index >= 15 is 0 Å². The van der Waals surface area contributed by atoms with Gasteiger partial charge in [-0.15, -0.1) is 0 Å². The Labute approximate surface area is 134 Å². The van der Waals surface area contributed by atoms with Gasteiger partial charge in [0.05, 0.1) is 18.9 Å². The Morgan fingerprint density at radius 3 is 1.78 bits per heavy atom. The largest absolute Gasteiger partial charge is 0.497 e. The minimum atomic E-state index is -1.04. The van der Waals surface area contributed by atoms with Gasteiger partial charge in [0.15, 0.2) is 0 Å². The maximum Gasteiger partial charge on any atom is 0.311 e. The Bertz CT molecular complexity index is 664. The molecular weight excluding hydrogens is 296 g/mol. The summed E-state index contributed by atoms with van der Waals surface area (Å²) in [5.41, 5.74) is 1.15. The second-order valence-electron chi connectivity index (χ2n) is 5.20. The van der Waals surface area contributed by atoms with Crippen LogP contribution in [0.2, 0.25) is 0 Å². The topological polar surface area (TPSA) is 83.8 Å². The van der Waals surface area contributed by atoms with Crippen LogP contribution in [0, 0.1) is 0 Å². The van der Waals surface area contributed by atoms with E-state index < -0.39 is 23.8 Å². The molecule has 0 aromatic heterocycles. The molecule has 0 fully saturated rings. The third-order valence-electron chi connectivity index (χ3n) is 3.79. The monoisotopic (exact) mass is 314 g/mol. The molecule has 5 heteroatoms. The van der Waals surface area contributed by atoms with Crippen LogP contribution in [0.3, 0.4) is 0 Å². The van der Waals surface area contributed by atoms with Gasteiger partial charge < -0.3 is 14.9 Å². The van der Waals surface area contributed by atoms with Crippen molar-refractivity contribution < 1.29 is 24.5 Å². The normalized spacial score (nSPS) is 13.1. The van der Waals surface area contributed by atoms with Crippen LogP contribution in [-0.4, -0.2) is 29.3 Å². The lowest BCUT2D eigenvalue weighted by Crippen LogP contribution is -2.20.